The average Bonchev–Trinajstić information content (AvgIpc) is 2.39. The summed E-state index contributed by atoms with van der Waals surface area (Å²) in [5.74, 6) is 0.758. The zero-order valence-corrected chi connectivity index (χ0v) is 12.6. The van der Waals surface area contributed by atoms with Crippen LogP contribution in [0.25, 0.3) is 0 Å². The van der Waals surface area contributed by atoms with E-state index in [4.69, 9.17) is 4.74 Å². The molecule has 0 bridgehead atoms. The Kier molecular flexibility index (Phi) is 4.56. The van der Waals surface area contributed by atoms with Crippen LogP contribution in [-0.2, 0) is 16.6 Å². The van der Waals surface area contributed by atoms with Crippen molar-refractivity contribution in [3.8, 4) is 0 Å². The van der Waals surface area contributed by atoms with Crippen LogP contribution in [0.15, 0.2) is 12.4 Å². The highest BCUT2D eigenvalue weighted by atomic mass is 16.5. The third kappa shape index (κ3) is 4.00. The first-order chi connectivity index (χ1) is 8.99. The van der Waals surface area contributed by atoms with Crippen molar-refractivity contribution in [3.63, 3.8) is 0 Å². The van der Waals surface area contributed by atoms with Gasteiger partial charge in [-0.05, 0) is 44.1 Å². The molecule has 1 aromatic rings. The van der Waals surface area contributed by atoms with E-state index >= 15 is 0 Å². The molecule has 1 aliphatic carbocycles. The lowest BCUT2D eigenvalue weighted by atomic mass is 9.84. The minimum Gasteiger partial charge on any atom is -0.381 e. The van der Waals surface area contributed by atoms with Gasteiger partial charge in [-0.3, -0.25) is 0 Å². The van der Waals surface area contributed by atoms with Crippen LogP contribution >= 0.6 is 0 Å². The van der Waals surface area contributed by atoms with Crippen LogP contribution in [0, 0.1) is 5.92 Å². The second kappa shape index (κ2) is 6.00. The van der Waals surface area contributed by atoms with Gasteiger partial charge in [0.1, 0.15) is 6.33 Å². The molecule has 0 aromatic carbocycles. The van der Waals surface area contributed by atoms with Crippen LogP contribution in [-0.4, -0.2) is 23.2 Å². The van der Waals surface area contributed by atoms with Crippen molar-refractivity contribution in [2.24, 2.45) is 5.92 Å². The summed E-state index contributed by atoms with van der Waals surface area (Å²) in [7, 11) is 1.82. The highest BCUT2D eigenvalue weighted by Gasteiger charge is 2.22. The van der Waals surface area contributed by atoms with Crippen molar-refractivity contribution < 1.29 is 4.74 Å². The summed E-state index contributed by atoms with van der Waals surface area (Å²) in [4.78, 5) is 8.84. The molecule has 0 saturated heterocycles. The van der Waals surface area contributed by atoms with E-state index in [1.165, 1.54) is 31.4 Å². The van der Waals surface area contributed by atoms with E-state index in [0.717, 1.165) is 18.0 Å². The molecule has 3 heteroatoms. The molecule has 0 aliphatic heterocycles. The van der Waals surface area contributed by atoms with Crippen LogP contribution in [0.4, 0.5) is 0 Å². The smallest absolute Gasteiger partial charge is 0.115 e. The van der Waals surface area contributed by atoms with Crippen LogP contribution in [0.2, 0.25) is 0 Å². The van der Waals surface area contributed by atoms with Crippen molar-refractivity contribution in [1.29, 1.82) is 0 Å². The first-order valence-corrected chi connectivity index (χ1v) is 7.33. The Morgan fingerprint density at radius 2 is 1.84 bits per heavy atom. The van der Waals surface area contributed by atoms with Gasteiger partial charge in [-0.2, -0.15) is 0 Å². The third-order valence-electron chi connectivity index (χ3n) is 4.12. The Labute approximate surface area is 116 Å². The molecule has 19 heavy (non-hydrogen) atoms. The number of aromatic nitrogens is 2. The maximum atomic E-state index is 5.43. The molecular formula is C16H26N2O. The molecule has 0 radical (unpaired) electrons. The van der Waals surface area contributed by atoms with Gasteiger partial charge in [0, 0.05) is 23.9 Å². The summed E-state index contributed by atoms with van der Waals surface area (Å²) < 4.78 is 5.43. The Morgan fingerprint density at radius 1 is 1.16 bits per heavy atom. The van der Waals surface area contributed by atoms with Crippen molar-refractivity contribution in [2.75, 3.05) is 7.11 Å². The molecule has 1 fully saturated rings. The molecule has 1 heterocycles. The Morgan fingerprint density at radius 3 is 2.42 bits per heavy atom. The van der Waals surface area contributed by atoms with Crippen molar-refractivity contribution in [1.82, 2.24) is 9.97 Å². The molecule has 0 spiro atoms. The molecular weight excluding hydrogens is 236 g/mol. The molecule has 3 nitrogen and oxygen atoms in total. The number of nitrogens with zero attached hydrogens (tertiary/aromatic N) is 2. The quantitative estimate of drug-likeness (QED) is 0.836. The van der Waals surface area contributed by atoms with Gasteiger partial charge < -0.3 is 4.74 Å². The Bertz CT molecular complexity index is 403. The van der Waals surface area contributed by atoms with Gasteiger partial charge in [0.2, 0.25) is 0 Å². The Balaban J connectivity index is 1.97. The topological polar surface area (TPSA) is 35.0 Å². The van der Waals surface area contributed by atoms with E-state index in [9.17, 15) is 0 Å². The summed E-state index contributed by atoms with van der Waals surface area (Å²) in [5.41, 5.74) is 2.44. The number of hydrogen-bond acceptors (Lipinski definition) is 3. The molecule has 0 atom stereocenters. The maximum Gasteiger partial charge on any atom is 0.115 e. The fraction of sp³-hybridized carbons (Fsp3) is 0.750. The monoisotopic (exact) mass is 262 g/mol. The summed E-state index contributed by atoms with van der Waals surface area (Å²) in [6.07, 6.45) is 8.18. The second-order valence-electron chi connectivity index (χ2n) is 6.73. The van der Waals surface area contributed by atoms with Crippen LogP contribution in [0.5, 0.6) is 0 Å². The zero-order chi connectivity index (χ0) is 13.9. The molecule has 0 amide bonds. The molecule has 1 aliphatic rings. The van der Waals surface area contributed by atoms with Gasteiger partial charge in [-0.1, -0.05) is 20.8 Å². The maximum absolute atomic E-state index is 5.43. The number of ether oxygens (including phenoxy) is 1. The lowest BCUT2D eigenvalue weighted by molar-refractivity contribution is 0.0567. The number of hydrogen-bond donors (Lipinski definition) is 0. The highest BCUT2D eigenvalue weighted by molar-refractivity contribution is 5.16. The standard InChI is InChI=1S/C16H26N2O/c1-16(2,3)15-10-13(17-11-18-15)9-12-5-7-14(19-4)8-6-12/h10-12,14H,5-9H2,1-4H3. The van der Waals surface area contributed by atoms with E-state index in [2.05, 4.69) is 36.8 Å². The van der Waals surface area contributed by atoms with Gasteiger partial charge in [0.25, 0.3) is 0 Å². The highest BCUT2D eigenvalue weighted by Crippen LogP contribution is 2.29. The molecule has 0 N–H and O–H groups in total. The van der Waals surface area contributed by atoms with E-state index in [0.29, 0.717) is 6.10 Å². The van der Waals surface area contributed by atoms with Gasteiger partial charge in [-0.25, -0.2) is 9.97 Å². The largest absolute Gasteiger partial charge is 0.381 e. The lowest BCUT2D eigenvalue weighted by Crippen LogP contribution is -2.22. The fourth-order valence-electron chi connectivity index (χ4n) is 2.79. The van der Waals surface area contributed by atoms with Crippen LogP contribution < -0.4 is 0 Å². The number of rotatable bonds is 3. The van der Waals surface area contributed by atoms with Crippen molar-refractivity contribution in [2.45, 2.75) is 64.4 Å². The van der Waals surface area contributed by atoms with Gasteiger partial charge in [0.15, 0.2) is 0 Å². The summed E-state index contributed by atoms with van der Waals surface area (Å²) >= 11 is 0. The van der Waals surface area contributed by atoms with Gasteiger partial charge in [-0.15, -0.1) is 0 Å². The van der Waals surface area contributed by atoms with Crippen LogP contribution in [0.1, 0.15) is 57.8 Å². The lowest BCUT2D eigenvalue weighted by Gasteiger charge is -2.27. The molecule has 106 valence electrons. The van der Waals surface area contributed by atoms with Gasteiger partial charge >= 0.3 is 0 Å². The number of methoxy groups -OCH3 is 1. The first kappa shape index (κ1) is 14.4. The molecule has 2 rings (SSSR count). The van der Waals surface area contributed by atoms with E-state index < -0.39 is 0 Å². The van der Waals surface area contributed by atoms with Crippen molar-refractivity contribution in [3.05, 3.63) is 23.8 Å². The van der Waals surface area contributed by atoms with E-state index in [1.54, 1.807) is 6.33 Å². The minimum atomic E-state index is 0.103. The van der Waals surface area contributed by atoms with Crippen molar-refractivity contribution >= 4 is 0 Å². The van der Waals surface area contributed by atoms with E-state index in [1.807, 2.05) is 7.11 Å². The molecule has 1 saturated carbocycles. The van der Waals surface area contributed by atoms with Crippen LogP contribution in [0.3, 0.4) is 0 Å². The molecule has 0 unspecified atom stereocenters. The van der Waals surface area contributed by atoms with Gasteiger partial charge in [0.05, 0.1) is 6.10 Å². The zero-order valence-electron chi connectivity index (χ0n) is 12.6. The normalized spacial score (nSPS) is 24.4. The third-order valence-corrected chi connectivity index (χ3v) is 4.12. The first-order valence-electron chi connectivity index (χ1n) is 7.33. The Hall–Kier alpha value is -0.960. The predicted molar refractivity (Wildman–Crippen MR) is 77.2 cm³/mol. The SMILES string of the molecule is COC1CCC(Cc2cc(C(C)(C)C)ncn2)CC1. The average molecular weight is 262 g/mol. The summed E-state index contributed by atoms with van der Waals surface area (Å²) in [5, 5.41) is 0. The van der Waals surface area contributed by atoms with E-state index in [-0.39, 0.29) is 5.41 Å². The summed E-state index contributed by atoms with van der Waals surface area (Å²) in [6.45, 7) is 6.59. The second-order valence-corrected chi connectivity index (χ2v) is 6.73. The summed E-state index contributed by atoms with van der Waals surface area (Å²) in [6, 6.07) is 2.18. The fourth-order valence-corrected chi connectivity index (χ4v) is 2.79. The predicted octanol–water partition coefficient (Wildman–Crippen LogP) is 3.52. The minimum absolute atomic E-state index is 0.103. The molecule has 1 aromatic heterocycles.